The molecule has 0 aliphatic heterocycles. The highest BCUT2D eigenvalue weighted by molar-refractivity contribution is 5.61. The second kappa shape index (κ2) is 6.08. The largest absolute Gasteiger partial charge is 0.507 e. The van der Waals surface area contributed by atoms with Crippen molar-refractivity contribution < 1.29 is 31.9 Å². The van der Waals surface area contributed by atoms with E-state index < -0.39 is 25.6 Å². The number of halogens is 4. The molecule has 0 spiro atoms. The predicted molar refractivity (Wildman–Crippen MR) is 62.0 cm³/mol. The number of alkyl halides is 4. The van der Waals surface area contributed by atoms with E-state index >= 15 is 0 Å². The predicted octanol–water partition coefficient (Wildman–Crippen LogP) is 2.86. The molecule has 0 radical (unpaired) electrons. The van der Waals surface area contributed by atoms with Gasteiger partial charge in [0.25, 0.3) is 5.89 Å². The highest BCUT2D eigenvalue weighted by Gasteiger charge is 2.41. The molecule has 21 heavy (non-hydrogen) atoms. The molecule has 0 amide bonds. The van der Waals surface area contributed by atoms with Crippen LogP contribution in [0.4, 0.5) is 17.6 Å². The number of hydrogen-bond donors (Lipinski definition) is 1. The van der Waals surface area contributed by atoms with Crippen LogP contribution in [0.3, 0.4) is 0 Å². The van der Waals surface area contributed by atoms with Crippen molar-refractivity contribution in [2.24, 2.45) is 0 Å². The van der Waals surface area contributed by atoms with Gasteiger partial charge in [0, 0.05) is 0 Å². The van der Waals surface area contributed by atoms with Crippen LogP contribution >= 0.6 is 0 Å². The summed E-state index contributed by atoms with van der Waals surface area (Å²) in [5.41, 5.74) is 0.258. The van der Waals surface area contributed by atoms with Gasteiger partial charge in [0.2, 0.25) is 0 Å². The van der Waals surface area contributed by atoms with Crippen molar-refractivity contribution in [2.75, 3.05) is 6.61 Å². The first-order chi connectivity index (χ1) is 9.90. The number of phenolic OH excluding ortho intramolecular Hbond substituents is 1. The Morgan fingerprint density at radius 3 is 2.67 bits per heavy atom. The molecular formula is C12H10F4N2O3. The minimum Gasteiger partial charge on any atom is -0.507 e. The van der Waals surface area contributed by atoms with Crippen molar-refractivity contribution in [3.05, 3.63) is 30.1 Å². The Morgan fingerprint density at radius 1 is 1.29 bits per heavy atom. The molecule has 2 rings (SSSR count). The number of rotatable bonds is 6. The minimum atomic E-state index is -4.23. The molecule has 0 saturated carbocycles. The summed E-state index contributed by atoms with van der Waals surface area (Å²) in [6.45, 7) is -1.97. The normalized spacial score (nSPS) is 12.0. The molecule has 0 bridgehead atoms. The van der Waals surface area contributed by atoms with Gasteiger partial charge >= 0.3 is 12.3 Å². The third kappa shape index (κ3) is 3.69. The van der Waals surface area contributed by atoms with Crippen molar-refractivity contribution in [3.8, 4) is 17.2 Å². The van der Waals surface area contributed by atoms with Crippen LogP contribution in [0.1, 0.15) is 5.82 Å². The molecule has 0 fully saturated rings. The smallest absolute Gasteiger partial charge is 0.330 e. The van der Waals surface area contributed by atoms with E-state index in [-0.39, 0.29) is 23.0 Å². The second-order valence-corrected chi connectivity index (χ2v) is 4.09. The Balaban J connectivity index is 1.97. The zero-order valence-corrected chi connectivity index (χ0v) is 10.5. The highest BCUT2D eigenvalue weighted by Crippen LogP contribution is 2.27. The lowest BCUT2D eigenvalue weighted by molar-refractivity contribution is -0.168. The van der Waals surface area contributed by atoms with Gasteiger partial charge in [-0.1, -0.05) is 17.3 Å². The molecule has 1 heterocycles. The molecule has 0 aliphatic rings. The van der Waals surface area contributed by atoms with E-state index in [1.807, 2.05) is 0 Å². The van der Waals surface area contributed by atoms with E-state index in [9.17, 15) is 22.7 Å². The van der Waals surface area contributed by atoms with E-state index in [1.54, 1.807) is 12.1 Å². The molecule has 5 nitrogen and oxygen atoms in total. The van der Waals surface area contributed by atoms with Crippen molar-refractivity contribution in [3.63, 3.8) is 0 Å². The van der Waals surface area contributed by atoms with Gasteiger partial charge in [0.1, 0.15) is 19.0 Å². The Kier molecular flexibility index (Phi) is 4.41. The molecule has 0 unspecified atom stereocenters. The lowest BCUT2D eigenvalue weighted by atomic mass is 10.2. The number of aromatic nitrogens is 2. The Morgan fingerprint density at radius 2 is 2.00 bits per heavy atom. The Hall–Kier alpha value is -2.16. The van der Waals surface area contributed by atoms with Crippen LogP contribution in [0.25, 0.3) is 11.5 Å². The van der Waals surface area contributed by atoms with Gasteiger partial charge in [-0.3, -0.25) is 0 Å². The molecule has 9 heteroatoms. The summed E-state index contributed by atoms with van der Waals surface area (Å²) >= 11 is 0. The first-order valence-electron chi connectivity index (χ1n) is 5.75. The van der Waals surface area contributed by atoms with E-state index in [4.69, 9.17) is 4.52 Å². The average Bonchev–Trinajstić information content (AvgIpc) is 2.87. The summed E-state index contributed by atoms with van der Waals surface area (Å²) in [5, 5.41) is 13.0. The number of nitrogens with zero attached hydrogens (tertiary/aromatic N) is 2. The third-order valence-electron chi connectivity index (χ3n) is 2.45. The SMILES string of the molecule is Oc1ccccc1-c1nc(COCC(F)(F)C(F)F)no1. The maximum Gasteiger partial charge on any atom is 0.330 e. The van der Waals surface area contributed by atoms with Crippen LogP contribution in [0.5, 0.6) is 5.75 Å². The number of para-hydroxylation sites is 1. The molecule has 1 aromatic carbocycles. The molecular weight excluding hydrogens is 296 g/mol. The quantitative estimate of drug-likeness (QED) is 0.831. The molecule has 0 aliphatic carbocycles. The fraction of sp³-hybridized carbons (Fsp3) is 0.333. The van der Waals surface area contributed by atoms with Gasteiger partial charge in [-0.2, -0.15) is 13.8 Å². The maximum absolute atomic E-state index is 12.6. The van der Waals surface area contributed by atoms with Crippen LogP contribution in [-0.4, -0.2) is 34.2 Å². The number of hydrogen-bond acceptors (Lipinski definition) is 5. The van der Waals surface area contributed by atoms with Crippen molar-refractivity contribution in [2.45, 2.75) is 19.0 Å². The van der Waals surface area contributed by atoms with Gasteiger partial charge in [-0.15, -0.1) is 0 Å². The van der Waals surface area contributed by atoms with E-state index in [0.717, 1.165) is 0 Å². The topological polar surface area (TPSA) is 68.4 Å². The maximum atomic E-state index is 12.6. The summed E-state index contributed by atoms with van der Waals surface area (Å²) in [6.07, 6.45) is -3.81. The van der Waals surface area contributed by atoms with Crippen molar-refractivity contribution >= 4 is 0 Å². The molecule has 0 atom stereocenters. The van der Waals surface area contributed by atoms with Crippen LogP contribution in [0.2, 0.25) is 0 Å². The molecule has 0 saturated heterocycles. The molecule has 2 aromatic rings. The standard InChI is InChI=1S/C12H10F4N2O3/c13-11(14)12(15,16)6-20-5-9-17-10(21-18-9)7-3-1-2-4-8(7)19/h1-4,11,19H,5-6H2. The average molecular weight is 306 g/mol. The molecule has 1 N–H and O–H groups in total. The van der Waals surface area contributed by atoms with Gasteiger partial charge in [0.15, 0.2) is 5.82 Å². The monoisotopic (exact) mass is 306 g/mol. The molecule has 114 valence electrons. The molecule has 1 aromatic heterocycles. The van der Waals surface area contributed by atoms with E-state index in [1.165, 1.54) is 12.1 Å². The minimum absolute atomic E-state index is 0.0349. The third-order valence-corrected chi connectivity index (χ3v) is 2.45. The fourth-order valence-corrected chi connectivity index (χ4v) is 1.42. The van der Waals surface area contributed by atoms with Crippen LogP contribution < -0.4 is 0 Å². The summed E-state index contributed by atoms with van der Waals surface area (Å²) in [7, 11) is 0. The van der Waals surface area contributed by atoms with Crippen molar-refractivity contribution in [1.82, 2.24) is 10.1 Å². The summed E-state index contributed by atoms with van der Waals surface area (Å²) in [6, 6.07) is 6.13. The lowest BCUT2D eigenvalue weighted by Gasteiger charge is -2.14. The van der Waals surface area contributed by atoms with Gasteiger partial charge < -0.3 is 14.4 Å². The van der Waals surface area contributed by atoms with Crippen LogP contribution in [0.15, 0.2) is 28.8 Å². The summed E-state index contributed by atoms with van der Waals surface area (Å²) in [4.78, 5) is 3.81. The number of aromatic hydroxyl groups is 1. The lowest BCUT2D eigenvalue weighted by Crippen LogP contribution is -2.32. The Labute approximate surface area is 116 Å². The zero-order valence-electron chi connectivity index (χ0n) is 10.5. The van der Waals surface area contributed by atoms with Gasteiger partial charge in [-0.05, 0) is 12.1 Å². The van der Waals surface area contributed by atoms with Gasteiger partial charge in [0.05, 0.1) is 5.56 Å². The zero-order chi connectivity index (χ0) is 15.5. The van der Waals surface area contributed by atoms with Gasteiger partial charge in [-0.25, -0.2) is 8.78 Å². The second-order valence-electron chi connectivity index (χ2n) is 4.09. The van der Waals surface area contributed by atoms with E-state index in [2.05, 4.69) is 14.9 Å². The first-order valence-corrected chi connectivity index (χ1v) is 5.75. The summed E-state index contributed by atoms with van der Waals surface area (Å²) in [5.74, 6) is -4.46. The first kappa shape index (κ1) is 15.2. The van der Waals surface area contributed by atoms with Crippen molar-refractivity contribution in [1.29, 1.82) is 0 Å². The number of ether oxygens (including phenoxy) is 1. The number of phenols is 1. The number of benzene rings is 1. The van der Waals surface area contributed by atoms with Crippen LogP contribution in [0, 0.1) is 0 Å². The Bertz CT molecular complexity index is 604. The fourth-order valence-electron chi connectivity index (χ4n) is 1.42. The van der Waals surface area contributed by atoms with E-state index in [0.29, 0.717) is 0 Å². The summed E-state index contributed by atoms with van der Waals surface area (Å²) < 4.78 is 58.3. The van der Waals surface area contributed by atoms with Crippen LogP contribution in [-0.2, 0) is 11.3 Å². The highest BCUT2D eigenvalue weighted by atomic mass is 19.3.